The first kappa shape index (κ1) is 36.3. The van der Waals surface area contributed by atoms with Gasteiger partial charge in [0.2, 0.25) is 0 Å². The van der Waals surface area contributed by atoms with Crippen LogP contribution in [-0.4, -0.2) is 67.6 Å². The van der Waals surface area contributed by atoms with Crippen molar-refractivity contribution in [3.05, 3.63) is 97.0 Å². The third-order valence-electron chi connectivity index (χ3n) is 9.54. The van der Waals surface area contributed by atoms with E-state index in [9.17, 15) is 32.3 Å². The molecule has 0 radical (unpaired) electrons. The van der Waals surface area contributed by atoms with E-state index in [1.165, 1.54) is 29.0 Å². The second-order valence-corrected chi connectivity index (χ2v) is 14.6. The Bertz CT molecular complexity index is 2070. The van der Waals surface area contributed by atoms with Crippen molar-refractivity contribution >= 4 is 39.4 Å². The molecule has 4 aromatic rings. The second-order valence-electron chi connectivity index (χ2n) is 13.7. The van der Waals surface area contributed by atoms with Crippen molar-refractivity contribution in [1.29, 1.82) is 0 Å². The Kier molecular flexibility index (Phi) is 9.90. The van der Waals surface area contributed by atoms with Crippen LogP contribution in [0.5, 0.6) is 0 Å². The quantitative estimate of drug-likeness (QED) is 0.179. The summed E-state index contributed by atoms with van der Waals surface area (Å²) in [6, 6.07) is 8.58. The van der Waals surface area contributed by atoms with E-state index < -0.39 is 41.6 Å². The molecule has 0 spiro atoms. The zero-order valence-electron chi connectivity index (χ0n) is 28.5. The minimum absolute atomic E-state index is 0.0315. The molecule has 0 bridgehead atoms. The van der Waals surface area contributed by atoms with E-state index in [2.05, 4.69) is 21.0 Å². The van der Waals surface area contributed by atoms with Gasteiger partial charge in [-0.15, -0.1) is 0 Å². The molecule has 51 heavy (non-hydrogen) atoms. The molecule has 6 rings (SSSR count). The van der Waals surface area contributed by atoms with Crippen LogP contribution < -0.4 is 11.3 Å². The lowest BCUT2D eigenvalue weighted by atomic mass is 9.97. The Morgan fingerprint density at radius 1 is 1.10 bits per heavy atom. The normalized spacial score (nSPS) is 16.7. The zero-order valence-corrected chi connectivity index (χ0v) is 30.1. The number of aromatic nitrogens is 3. The highest BCUT2D eigenvalue weighted by atomic mass is 79.9. The van der Waals surface area contributed by atoms with Gasteiger partial charge in [0.05, 0.1) is 29.7 Å². The van der Waals surface area contributed by atoms with Crippen molar-refractivity contribution in [1.82, 2.24) is 24.0 Å². The van der Waals surface area contributed by atoms with Gasteiger partial charge in [0.1, 0.15) is 11.7 Å². The molecule has 2 amide bonds. The molecule has 1 aliphatic carbocycles. The molecule has 1 aliphatic heterocycles. The van der Waals surface area contributed by atoms with Gasteiger partial charge in [-0.1, -0.05) is 29.8 Å². The predicted octanol–water partition coefficient (Wildman–Crippen LogP) is 5.36. The second kappa shape index (κ2) is 13.9. The summed E-state index contributed by atoms with van der Waals surface area (Å²) in [7, 11) is 1.50. The van der Waals surface area contributed by atoms with Crippen LogP contribution in [0, 0.1) is 11.8 Å². The number of fused-ring (bicyclic) bond motifs is 3. The van der Waals surface area contributed by atoms with Crippen LogP contribution in [0.1, 0.15) is 76.7 Å². The molecule has 11 nitrogen and oxygen atoms in total. The van der Waals surface area contributed by atoms with Crippen molar-refractivity contribution in [3.8, 4) is 5.69 Å². The highest BCUT2D eigenvalue weighted by molar-refractivity contribution is 9.10. The van der Waals surface area contributed by atoms with Gasteiger partial charge in [-0.2, -0.15) is 18.3 Å². The van der Waals surface area contributed by atoms with Crippen molar-refractivity contribution in [2.75, 3.05) is 13.8 Å². The van der Waals surface area contributed by atoms with Gasteiger partial charge in [-0.3, -0.25) is 23.7 Å². The molecular weight excluding hydrogens is 733 g/mol. The maximum absolute atomic E-state index is 14.4. The number of hydrogen-bond acceptors (Lipinski definition) is 7. The highest BCUT2D eigenvalue weighted by Gasteiger charge is 2.37. The fourth-order valence-electron chi connectivity index (χ4n) is 6.28. The molecule has 2 atom stereocenters. The molecule has 2 aromatic carbocycles. The van der Waals surface area contributed by atoms with Gasteiger partial charge in [0.25, 0.3) is 17.4 Å². The molecule has 2 aromatic heterocycles. The number of nitrogens with zero attached hydrogens (tertiary/aromatic N) is 5. The molecule has 3 heterocycles. The number of esters is 1. The van der Waals surface area contributed by atoms with Crippen LogP contribution in [-0.2, 0) is 35.1 Å². The van der Waals surface area contributed by atoms with Crippen LogP contribution in [0.25, 0.3) is 11.3 Å². The molecule has 15 heteroatoms. The van der Waals surface area contributed by atoms with Gasteiger partial charge in [0.15, 0.2) is 6.73 Å². The van der Waals surface area contributed by atoms with Gasteiger partial charge in [-0.25, -0.2) is 4.52 Å². The van der Waals surface area contributed by atoms with Gasteiger partial charge >= 0.3 is 12.1 Å². The summed E-state index contributed by atoms with van der Waals surface area (Å²) < 4.78 is 49.3. The summed E-state index contributed by atoms with van der Waals surface area (Å²) in [6.45, 7) is 5.03. The van der Waals surface area contributed by atoms with E-state index in [1.54, 1.807) is 60.3 Å². The Balaban J connectivity index is 1.33. The van der Waals surface area contributed by atoms with Crippen LogP contribution in [0.4, 0.5) is 13.2 Å². The molecule has 1 saturated carbocycles. The van der Waals surface area contributed by atoms with E-state index >= 15 is 0 Å². The highest BCUT2D eigenvalue weighted by Crippen LogP contribution is 2.37. The molecule has 0 saturated heterocycles. The fraction of sp³-hybridized carbons (Fsp3) is 0.417. The van der Waals surface area contributed by atoms with E-state index in [1.807, 2.05) is 0 Å². The topological polar surface area (TPSA) is 132 Å². The number of benzene rings is 2. The lowest BCUT2D eigenvalue weighted by Crippen LogP contribution is -2.46. The maximum atomic E-state index is 14.4. The van der Waals surface area contributed by atoms with Crippen molar-refractivity contribution in [2.24, 2.45) is 17.6 Å². The third kappa shape index (κ3) is 7.18. The standard InChI is InChI=1S/C36H38BrF3N6O5/c1-19(2)30(41)35(50)51-18-43(4)32(47)22-7-10-25(11-8-22)45-31-24(14-21-5-6-21)16-42-46(31)29-17-44(20(3)13-26(29)34(45)49)33(48)23-9-12-28(37)27(15-23)36(38,39)40/h7-12,15-16,19-21,30H,5-6,13-14,17-18,41H2,1-4H3/t20-,30+/m0/s1. The first-order valence-corrected chi connectivity index (χ1v) is 17.4. The number of halogens is 4. The maximum Gasteiger partial charge on any atom is 0.417 e. The van der Waals surface area contributed by atoms with Crippen molar-refractivity contribution in [3.63, 3.8) is 0 Å². The summed E-state index contributed by atoms with van der Waals surface area (Å²) in [6.07, 6.45) is 0.0253. The molecule has 2 aliphatic rings. The largest absolute Gasteiger partial charge is 0.443 e. The van der Waals surface area contributed by atoms with Crippen LogP contribution in [0.2, 0.25) is 0 Å². The van der Waals surface area contributed by atoms with E-state index in [0.717, 1.165) is 24.5 Å². The third-order valence-corrected chi connectivity index (χ3v) is 10.2. The first-order chi connectivity index (χ1) is 24.1. The van der Waals surface area contributed by atoms with E-state index in [-0.39, 0.29) is 41.2 Å². The summed E-state index contributed by atoms with van der Waals surface area (Å²) in [5, 5.41) is 4.67. The number of carbonyl (C=O) groups excluding carboxylic acids is 3. The van der Waals surface area contributed by atoms with E-state index in [4.69, 9.17) is 10.5 Å². The number of hydrogen-bond donors (Lipinski definition) is 1. The van der Waals surface area contributed by atoms with Crippen LogP contribution in [0.15, 0.2) is 57.9 Å². The lowest BCUT2D eigenvalue weighted by molar-refractivity contribution is -0.149. The minimum atomic E-state index is -4.66. The molecular formula is C36H38BrF3N6O5. The Morgan fingerprint density at radius 3 is 2.39 bits per heavy atom. The number of ether oxygens (including phenoxy) is 1. The smallest absolute Gasteiger partial charge is 0.417 e. The minimum Gasteiger partial charge on any atom is -0.443 e. The van der Waals surface area contributed by atoms with E-state index in [0.29, 0.717) is 40.5 Å². The molecule has 0 unspecified atom stereocenters. The van der Waals surface area contributed by atoms with Gasteiger partial charge < -0.3 is 20.3 Å². The summed E-state index contributed by atoms with van der Waals surface area (Å²) in [5.41, 5.74) is 7.59. The van der Waals surface area contributed by atoms with Crippen LogP contribution in [0.3, 0.4) is 0 Å². The average Bonchev–Trinajstić information content (AvgIpc) is 3.83. The SMILES string of the molecule is CC(C)[C@@H](N)C(=O)OCN(C)C(=O)c1ccc(-n2c(=O)c3c(n4ncc(CC5CC5)c24)CN(C(=O)c2ccc(Br)c(C(F)(F)F)c2)[C@@H](C)C3)cc1. The summed E-state index contributed by atoms with van der Waals surface area (Å²) in [4.78, 5) is 56.2. The lowest BCUT2D eigenvalue weighted by Gasteiger charge is -2.35. The molecule has 270 valence electrons. The average molecular weight is 772 g/mol. The van der Waals surface area contributed by atoms with Crippen molar-refractivity contribution < 1.29 is 32.3 Å². The number of alkyl halides is 3. The van der Waals surface area contributed by atoms with Gasteiger partial charge in [0, 0.05) is 39.8 Å². The Hall–Kier alpha value is -4.50. The first-order valence-electron chi connectivity index (χ1n) is 16.7. The molecule has 2 N–H and O–H groups in total. The van der Waals surface area contributed by atoms with Crippen molar-refractivity contribution in [2.45, 2.75) is 71.3 Å². The number of amides is 2. The number of carbonyl (C=O) groups is 3. The summed E-state index contributed by atoms with van der Waals surface area (Å²) in [5.74, 6) is -1.26. The number of rotatable bonds is 9. The Morgan fingerprint density at radius 2 is 1.76 bits per heavy atom. The molecule has 1 fully saturated rings. The number of nitrogens with two attached hydrogens (primary N) is 1. The summed E-state index contributed by atoms with van der Waals surface area (Å²) >= 11 is 2.93. The monoisotopic (exact) mass is 770 g/mol. The zero-order chi connectivity index (χ0) is 36.9. The Labute approximate surface area is 300 Å². The fourth-order valence-corrected chi connectivity index (χ4v) is 6.75. The van der Waals surface area contributed by atoms with Crippen LogP contribution >= 0.6 is 15.9 Å². The predicted molar refractivity (Wildman–Crippen MR) is 185 cm³/mol. The van der Waals surface area contributed by atoms with Gasteiger partial charge in [-0.05, 0) is 86.9 Å².